The Morgan fingerprint density at radius 2 is 1.70 bits per heavy atom. The van der Waals surface area contributed by atoms with Gasteiger partial charge in [0.25, 0.3) is 0 Å². The molecule has 0 bridgehead atoms. The van der Waals surface area contributed by atoms with Crippen molar-refractivity contribution in [1.82, 2.24) is 4.98 Å². The SMILES string of the molecule is Cc1[nH]c(-c2ccco2)c(-c2ccco2)c1C(=O)OC(C)(C)C. The van der Waals surface area contributed by atoms with Crippen molar-refractivity contribution in [2.24, 2.45) is 0 Å². The lowest BCUT2D eigenvalue weighted by atomic mass is 10.0. The second-order valence-corrected chi connectivity index (χ2v) is 6.33. The van der Waals surface area contributed by atoms with E-state index in [2.05, 4.69) is 4.98 Å². The third-order valence-electron chi connectivity index (χ3n) is 3.33. The van der Waals surface area contributed by atoms with Gasteiger partial charge >= 0.3 is 5.97 Å². The molecule has 0 aliphatic carbocycles. The number of carbonyl (C=O) groups is 1. The van der Waals surface area contributed by atoms with E-state index in [4.69, 9.17) is 13.6 Å². The Morgan fingerprint density at radius 3 is 2.22 bits per heavy atom. The number of ether oxygens (including phenoxy) is 1. The van der Waals surface area contributed by atoms with Crippen molar-refractivity contribution in [3.05, 3.63) is 48.0 Å². The summed E-state index contributed by atoms with van der Waals surface area (Å²) in [5.74, 6) is 0.825. The van der Waals surface area contributed by atoms with Gasteiger partial charge in [-0.05, 0) is 52.0 Å². The second kappa shape index (κ2) is 5.50. The number of hydrogen-bond donors (Lipinski definition) is 1. The fourth-order valence-electron chi connectivity index (χ4n) is 2.48. The fourth-order valence-corrected chi connectivity index (χ4v) is 2.48. The molecule has 23 heavy (non-hydrogen) atoms. The Labute approximate surface area is 134 Å². The first kappa shape index (κ1) is 15.2. The molecule has 3 aromatic rings. The molecule has 0 saturated carbocycles. The average Bonchev–Trinajstić information content (AvgIpc) is 3.16. The van der Waals surface area contributed by atoms with E-state index in [0.717, 1.165) is 0 Å². The van der Waals surface area contributed by atoms with Crippen LogP contribution < -0.4 is 0 Å². The summed E-state index contributed by atoms with van der Waals surface area (Å²) in [6, 6.07) is 7.21. The fraction of sp³-hybridized carbons (Fsp3) is 0.278. The quantitative estimate of drug-likeness (QED) is 0.705. The summed E-state index contributed by atoms with van der Waals surface area (Å²) in [5.41, 5.74) is 1.94. The highest BCUT2D eigenvalue weighted by molar-refractivity contribution is 6.02. The minimum absolute atomic E-state index is 0.393. The smallest absolute Gasteiger partial charge is 0.341 e. The maximum atomic E-state index is 12.7. The Bertz CT molecular complexity index is 802. The Hall–Kier alpha value is -2.69. The number of aromatic amines is 1. The van der Waals surface area contributed by atoms with Crippen LogP contribution in [0, 0.1) is 6.92 Å². The number of aryl methyl sites for hydroxylation is 1. The van der Waals surface area contributed by atoms with Gasteiger partial charge in [0.2, 0.25) is 0 Å². The van der Waals surface area contributed by atoms with Gasteiger partial charge in [-0.3, -0.25) is 0 Å². The lowest BCUT2D eigenvalue weighted by molar-refractivity contribution is 0.00697. The molecule has 0 radical (unpaired) electrons. The zero-order valence-corrected chi connectivity index (χ0v) is 13.6. The lowest BCUT2D eigenvalue weighted by Gasteiger charge is -2.19. The molecule has 0 aliphatic rings. The van der Waals surface area contributed by atoms with E-state index in [0.29, 0.717) is 34.0 Å². The molecule has 1 N–H and O–H groups in total. The van der Waals surface area contributed by atoms with Crippen molar-refractivity contribution in [3.8, 4) is 22.8 Å². The number of esters is 1. The van der Waals surface area contributed by atoms with E-state index in [1.807, 2.05) is 39.8 Å². The molecule has 120 valence electrons. The molecule has 0 amide bonds. The number of H-pyrrole nitrogens is 1. The number of carbonyl (C=O) groups excluding carboxylic acids is 1. The van der Waals surface area contributed by atoms with Gasteiger partial charge in [0.05, 0.1) is 29.3 Å². The Kier molecular flexibility index (Phi) is 3.64. The summed E-state index contributed by atoms with van der Waals surface area (Å²) in [6.07, 6.45) is 3.16. The van der Waals surface area contributed by atoms with E-state index < -0.39 is 11.6 Å². The van der Waals surface area contributed by atoms with Crippen molar-refractivity contribution in [3.63, 3.8) is 0 Å². The topological polar surface area (TPSA) is 68.4 Å². The van der Waals surface area contributed by atoms with Crippen LogP contribution in [-0.4, -0.2) is 16.6 Å². The van der Waals surface area contributed by atoms with E-state index in [9.17, 15) is 4.79 Å². The molecule has 0 atom stereocenters. The normalized spacial score (nSPS) is 11.7. The standard InChI is InChI=1S/C18H19NO4/c1-11-14(17(20)23-18(2,3)4)15(12-7-5-9-21-12)16(19-11)13-8-6-10-22-13/h5-10,19H,1-4H3. The largest absolute Gasteiger partial charge is 0.464 e. The molecule has 3 aromatic heterocycles. The number of aromatic nitrogens is 1. The van der Waals surface area contributed by atoms with Crippen molar-refractivity contribution >= 4 is 5.97 Å². The summed E-state index contributed by atoms with van der Waals surface area (Å²) < 4.78 is 16.5. The van der Waals surface area contributed by atoms with Crippen LogP contribution in [0.15, 0.2) is 45.6 Å². The van der Waals surface area contributed by atoms with Crippen LogP contribution in [0.5, 0.6) is 0 Å². The molecule has 5 heteroatoms. The Balaban J connectivity index is 2.18. The van der Waals surface area contributed by atoms with Crippen LogP contribution in [-0.2, 0) is 4.74 Å². The molecule has 3 heterocycles. The van der Waals surface area contributed by atoms with Gasteiger partial charge < -0.3 is 18.6 Å². The minimum Gasteiger partial charge on any atom is -0.464 e. The van der Waals surface area contributed by atoms with E-state index >= 15 is 0 Å². The van der Waals surface area contributed by atoms with Gasteiger partial charge in [-0.1, -0.05) is 0 Å². The molecule has 5 nitrogen and oxygen atoms in total. The summed E-state index contributed by atoms with van der Waals surface area (Å²) >= 11 is 0. The highest BCUT2D eigenvalue weighted by Crippen LogP contribution is 2.37. The highest BCUT2D eigenvalue weighted by atomic mass is 16.6. The number of rotatable bonds is 3. The van der Waals surface area contributed by atoms with Crippen LogP contribution >= 0.6 is 0 Å². The molecule has 3 rings (SSSR count). The van der Waals surface area contributed by atoms with Gasteiger partial charge in [0, 0.05) is 5.69 Å². The number of hydrogen-bond acceptors (Lipinski definition) is 4. The third kappa shape index (κ3) is 2.95. The van der Waals surface area contributed by atoms with Crippen molar-refractivity contribution in [2.45, 2.75) is 33.3 Å². The maximum absolute atomic E-state index is 12.7. The van der Waals surface area contributed by atoms with E-state index in [1.165, 1.54) is 0 Å². The predicted octanol–water partition coefficient (Wildman–Crippen LogP) is 4.80. The minimum atomic E-state index is -0.577. The lowest BCUT2D eigenvalue weighted by Crippen LogP contribution is -2.24. The van der Waals surface area contributed by atoms with E-state index in [-0.39, 0.29) is 0 Å². The summed E-state index contributed by atoms with van der Waals surface area (Å²) in [5, 5.41) is 0. The van der Waals surface area contributed by atoms with Crippen LogP contribution in [0.1, 0.15) is 36.8 Å². The van der Waals surface area contributed by atoms with E-state index in [1.54, 1.807) is 24.7 Å². The summed E-state index contributed by atoms with van der Waals surface area (Å²) in [4.78, 5) is 15.9. The van der Waals surface area contributed by atoms with Gasteiger partial charge in [0.1, 0.15) is 11.4 Å². The molecular formula is C18H19NO4. The zero-order valence-electron chi connectivity index (χ0n) is 13.6. The summed E-state index contributed by atoms with van der Waals surface area (Å²) in [6.45, 7) is 7.35. The molecule has 0 aromatic carbocycles. The molecule has 0 aliphatic heterocycles. The first-order valence-electron chi connectivity index (χ1n) is 7.40. The second-order valence-electron chi connectivity index (χ2n) is 6.33. The Morgan fingerprint density at radius 1 is 1.09 bits per heavy atom. The zero-order chi connectivity index (χ0) is 16.6. The first-order chi connectivity index (χ1) is 10.9. The molecule has 0 fully saturated rings. The average molecular weight is 313 g/mol. The predicted molar refractivity (Wildman–Crippen MR) is 86.1 cm³/mol. The third-order valence-corrected chi connectivity index (χ3v) is 3.33. The number of nitrogens with one attached hydrogen (secondary N) is 1. The number of furan rings is 2. The van der Waals surface area contributed by atoms with Crippen LogP contribution in [0.2, 0.25) is 0 Å². The van der Waals surface area contributed by atoms with Crippen LogP contribution in [0.4, 0.5) is 0 Å². The molecular weight excluding hydrogens is 294 g/mol. The molecule has 0 saturated heterocycles. The van der Waals surface area contributed by atoms with Crippen molar-refractivity contribution < 1.29 is 18.4 Å². The van der Waals surface area contributed by atoms with Crippen LogP contribution in [0.25, 0.3) is 22.8 Å². The summed E-state index contributed by atoms with van der Waals surface area (Å²) in [7, 11) is 0. The van der Waals surface area contributed by atoms with Gasteiger partial charge in [-0.25, -0.2) is 4.79 Å². The molecule has 0 spiro atoms. The highest BCUT2D eigenvalue weighted by Gasteiger charge is 2.29. The monoisotopic (exact) mass is 313 g/mol. The van der Waals surface area contributed by atoms with Gasteiger partial charge in [0.15, 0.2) is 5.76 Å². The van der Waals surface area contributed by atoms with Gasteiger partial charge in [-0.2, -0.15) is 0 Å². The first-order valence-corrected chi connectivity index (χ1v) is 7.40. The molecule has 0 unspecified atom stereocenters. The van der Waals surface area contributed by atoms with Crippen molar-refractivity contribution in [2.75, 3.05) is 0 Å². The maximum Gasteiger partial charge on any atom is 0.341 e. The van der Waals surface area contributed by atoms with Crippen molar-refractivity contribution in [1.29, 1.82) is 0 Å². The van der Waals surface area contributed by atoms with Crippen LogP contribution in [0.3, 0.4) is 0 Å². The van der Waals surface area contributed by atoms with Gasteiger partial charge in [-0.15, -0.1) is 0 Å².